The first-order chi connectivity index (χ1) is 33.1. The topological polar surface area (TPSA) is 72.8 Å². The highest BCUT2D eigenvalue weighted by Gasteiger charge is 2.16. The Kier molecular flexibility index (Phi) is 57.3. The largest absolute Gasteiger partial charge is 0.462 e. The van der Waals surface area contributed by atoms with Crippen molar-refractivity contribution >= 4 is 11.9 Å². The average Bonchev–Trinajstić information content (AvgIpc) is 3.33. The van der Waals surface area contributed by atoms with Gasteiger partial charge in [-0.2, -0.15) is 0 Å². The van der Waals surface area contributed by atoms with Crippen LogP contribution in [0.3, 0.4) is 0 Å². The lowest BCUT2D eigenvalue weighted by Gasteiger charge is -2.15. The van der Waals surface area contributed by atoms with Crippen LogP contribution in [0.1, 0.15) is 341 Å². The Morgan fingerprint density at radius 3 is 0.806 bits per heavy atom. The van der Waals surface area contributed by atoms with Crippen LogP contribution >= 0.6 is 0 Å². The van der Waals surface area contributed by atoms with Gasteiger partial charge in [0.05, 0.1) is 6.61 Å². The quantitative estimate of drug-likeness (QED) is 0.0374. The number of rotatable bonds is 57. The zero-order valence-corrected chi connectivity index (χ0v) is 45.4. The number of esters is 2. The van der Waals surface area contributed by atoms with E-state index in [1.807, 2.05) is 0 Å². The first-order valence-electron chi connectivity index (χ1n) is 30.4. The summed E-state index contributed by atoms with van der Waals surface area (Å²) in [6, 6.07) is 0. The van der Waals surface area contributed by atoms with Crippen LogP contribution in [0, 0.1) is 0 Å². The third-order valence-electron chi connectivity index (χ3n) is 14.0. The van der Waals surface area contributed by atoms with Crippen LogP contribution in [0.15, 0.2) is 24.3 Å². The van der Waals surface area contributed by atoms with Crippen molar-refractivity contribution in [1.82, 2.24) is 0 Å². The molecule has 396 valence electrons. The predicted octanol–water partition coefficient (Wildman–Crippen LogP) is 20.5. The number of hydrogen-bond donors (Lipinski definition) is 1. The van der Waals surface area contributed by atoms with Crippen LogP contribution in [0.5, 0.6) is 0 Å². The first-order valence-corrected chi connectivity index (χ1v) is 30.4. The molecule has 0 bridgehead atoms. The number of aliphatic hydroxyl groups is 1. The molecule has 0 rings (SSSR count). The van der Waals surface area contributed by atoms with Gasteiger partial charge in [-0.3, -0.25) is 9.59 Å². The Morgan fingerprint density at radius 2 is 0.552 bits per heavy atom. The number of aliphatic hydroxyl groups excluding tert-OH is 1. The van der Waals surface area contributed by atoms with Crippen molar-refractivity contribution in [1.29, 1.82) is 0 Å². The summed E-state index contributed by atoms with van der Waals surface area (Å²) in [7, 11) is 0. The number of carbonyl (C=O) groups is 2. The lowest BCUT2D eigenvalue weighted by molar-refractivity contribution is -0.161. The van der Waals surface area contributed by atoms with Crippen molar-refractivity contribution in [3.05, 3.63) is 24.3 Å². The summed E-state index contributed by atoms with van der Waals surface area (Å²) in [5, 5.41) is 9.65. The maximum atomic E-state index is 12.3. The predicted molar refractivity (Wildman–Crippen MR) is 293 cm³/mol. The second kappa shape index (κ2) is 58.7. The minimum absolute atomic E-state index is 0.0623. The van der Waals surface area contributed by atoms with Gasteiger partial charge in [-0.1, -0.05) is 289 Å². The molecule has 0 radical (unpaired) electrons. The van der Waals surface area contributed by atoms with E-state index in [4.69, 9.17) is 9.47 Å². The van der Waals surface area contributed by atoms with Crippen molar-refractivity contribution in [3.8, 4) is 0 Å². The molecule has 1 N–H and O–H groups in total. The normalized spacial score (nSPS) is 12.2. The van der Waals surface area contributed by atoms with Gasteiger partial charge in [-0.05, 0) is 64.2 Å². The van der Waals surface area contributed by atoms with Gasteiger partial charge in [0.15, 0.2) is 6.10 Å². The van der Waals surface area contributed by atoms with Crippen LogP contribution in [-0.4, -0.2) is 36.4 Å². The fourth-order valence-corrected chi connectivity index (χ4v) is 9.37. The van der Waals surface area contributed by atoms with E-state index < -0.39 is 6.10 Å². The van der Waals surface area contributed by atoms with Crippen molar-refractivity contribution in [2.45, 2.75) is 347 Å². The standard InChI is InChI=1S/C62H118O5/c1-3-5-7-9-11-13-15-17-19-21-23-24-25-26-27-28-29-30-31-32-33-34-35-36-37-38-39-41-43-45-47-49-51-53-55-57-62(65)67-60(58-63)59-66-61(64)56-54-52-50-48-46-44-42-40-22-20-18-16-14-12-10-8-6-4-2/h20-23,60,63H,3-19,24-59H2,1-2H3/b22-20-,23-21-. The van der Waals surface area contributed by atoms with E-state index in [9.17, 15) is 14.7 Å². The second-order valence-corrected chi connectivity index (χ2v) is 20.8. The fourth-order valence-electron chi connectivity index (χ4n) is 9.37. The van der Waals surface area contributed by atoms with E-state index >= 15 is 0 Å². The summed E-state index contributed by atoms with van der Waals surface area (Å²) in [4.78, 5) is 24.5. The maximum absolute atomic E-state index is 12.3. The van der Waals surface area contributed by atoms with Crippen molar-refractivity contribution in [3.63, 3.8) is 0 Å². The van der Waals surface area contributed by atoms with Crippen molar-refractivity contribution in [2.75, 3.05) is 13.2 Å². The van der Waals surface area contributed by atoms with Gasteiger partial charge in [0.2, 0.25) is 0 Å². The molecule has 5 nitrogen and oxygen atoms in total. The molecule has 0 fully saturated rings. The molecule has 0 aromatic carbocycles. The zero-order chi connectivity index (χ0) is 48.5. The van der Waals surface area contributed by atoms with E-state index in [-0.39, 0.29) is 25.2 Å². The highest BCUT2D eigenvalue weighted by Crippen LogP contribution is 2.18. The van der Waals surface area contributed by atoms with E-state index in [1.165, 1.54) is 276 Å². The summed E-state index contributed by atoms with van der Waals surface area (Å²) in [6.45, 7) is 4.18. The molecule has 0 aliphatic heterocycles. The molecule has 0 aliphatic rings. The van der Waals surface area contributed by atoms with Crippen LogP contribution in [-0.2, 0) is 19.1 Å². The Labute approximate surface area is 419 Å². The lowest BCUT2D eigenvalue weighted by Crippen LogP contribution is -2.28. The lowest BCUT2D eigenvalue weighted by atomic mass is 10.0. The molecule has 0 amide bonds. The van der Waals surface area contributed by atoms with Crippen LogP contribution in [0.2, 0.25) is 0 Å². The molecule has 0 aliphatic carbocycles. The summed E-state index contributed by atoms with van der Waals surface area (Å²) >= 11 is 0. The Balaban J connectivity index is 3.38. The molecule has 0 aromatic heterocycles. The van der Waals surface area contributed by atoms with Gasteiger partial charge in [0.1, 0.15) is 6.61 Å². The Morgan fingerprint density at radius 1 is 0.328 bits per heavy atom. The van der Waals surface area contributed by atoms with Crippen LogP contribution in [0.4, 0.5) is 0 Å². The number of ether oxygens (including phenoxy) is 2. The van der Waals surface area contributed by atoms with Crippen molar-refractivity contribution in [2.24, 2.45) is 0 Å². The van der Waals surface area contributed by atoms with Gasteiger partial charge in [0.25, 0.3) is 0 Å². The minimum Gasteiger partial charge on any atom is -0.462 e. The SMILES string of the molecule is CCCCCCCCC/C=C\CCCCCCCCCC(=O)OCC(CO)OC(=O)CCCCCCCCCCCCCCCCCCCCCCCCC/C=C\CCCCCCCCCC. The molecule has 0 aromatic rings. The Bertz CT molecular complexity index is 1020. The molecule has 1 unspecified atom stereocenters. The number of allylic oxidation sites excluding steroid dienone is 4. The van der Waals surface area contributed by atoms with E-state index in [1.54, 1.807) is 0 Å². The fraction of sp³-hybridized carbons (Fsp3) is 0.903. The molecular formula is C62H118O5. The number of carbonyl (C=O) groups excluding carboxylic acids is 2. The molecule has 0 saturated heterocycles. The van der Waals surface area contributed by atoms with Gasteiger partial charge in [0, 0.05) is 12.8 Å². The van der Waals surface area contributed by atoms with Crippen LogP contribution in [0.25, 0.3) is 0 Å². The summed E-state index contributed by atoms with van der Waals surface area (Å²) in [5.41, 5.74) is 0. The highest BCUT2D eigenvalue weighted by atomic mass is 16.6. The zero-order valence-electron chi connectivity index (χ0n) is 45.4. The number of unbranched alkanes of at least 4 members (excludes halogenated alkanes) is 45. The van der Waals surface area contributed by atoms with Gasteiger partial charge in [-0.15, -0.1) is 0 Å². The maximum Gasteiger partial charge on any atom is 0.306 e. The summed E-state index contributed by atoms with van der Waals surface area (Å²) < 4.78 is 10.7. The number of hydrogen-bond acceptors (Lipinski definition) is 5. The molecular weight excluding hydrogens is 825 g/mol. The van der Waals surface area contributed by atoms with Gasteiger partial charge < -0.3 is 14.6 Å². The van der Waals surface area contributed by atoms with E-state index in [2.05, 4.69) is 38.2 Å². The monoisotopic (exact) mass is 943 g/mol. The molecule has 0 saturated carbocycles. The molecule has 0 spiro atoms. The first kappa shape index (κ1) is 65.4. The average molecular weight is 944 g/mol. The van der Waals surface area contributed by atoms with Crippen molar-refractivity contribution < 1.29 is 24.2 Å². The molecule has 1 atom stereocenters. The third kappa shape index (κ3) is 56.9. The van der Waals surface area contributed by atoms with E-state index in [0.29, 0.717) is 12.8 Å². The summed E-state index contributed by atoms with van der Waals surface area (Å²) in [5.74, 6) is -0.576. The van der Waals surface area contributed by atoms with Crippen LogP contribution < -0.4 is 0 Å². The van der Waals surface area contributed by atoms with Gasteiger partial charge >= 0.3 is 11.9 Å². The smallest absolute Gasteiger partial charge is 0.306 e. The third-order valence-corrected chi connectivity index (χ3v) is 14.0. The Hall–Kier alpha value is -1.62. The van der Waals surface area contributed by atoms with E-state index in [0.717, 1.165) is 38.5 Å². The molecule has 67 heavy (non-hydrogen) atoms. The summed E-state index contributed by atoms with van der Waals surface area (Å²) in [6.07, 6.45) is 74.7. The molecule has 0 heterocycles. The molecule has 5 heteroatoms. The minimum atomic E-state index is -0.770. The second-order valence-electron chi connectivity index (χ2n) is 20.8. The highest BCUT2D eigenvalue weighted by molar-refractivity contribution is 5.70. The van der Waals surface area contributed by atoms with Gasteiger partial charge in [-0.25, -0.2) is 0 Å².